The van der Waals surface area contributed by atoms with Crippen molar-refractivity contribution < 1.29 is 15.1 Å². The Morgan fingerprint density at radius 1 is 0.185 bits per heavy atom. The van der Waals surface area contributed by atoms with Crippen molar-refractivity contribution in [2.45, 2.75) is 0 Å². The molecule has 81 heavy (non-hydrogen) atoms. The first-order chi connectivity index (χ1) is 40.2. The van der Waals surface area contributed by atoms with Crippen molar-refractivity contribution in [2.75, 3.05) is 0 Å². The maximum Gasteiger partial charge on any atom is 0.0970 e. The Balaban J connectivity index is 0.000000118. The van der Waals surface area contributed by atoms with Crippen LogP contribution in [0.4, 0.5) is 0 Å². The van der Waals surface area contributed by atoms with Gasteiger partial charge in [-0.15, -0.1) is 0 Å². The van der Waals surface area contributed by atoms with Crippen LogP contribution in [0.1, 0.15) is 0 Å². The number of nitrogens with zero attached hydrogens (tertiary/aromatic N) is 6. The van der Waals surface area contributed by atoms with Gasteiger partial charge in [0.15, 0.2) is 0 Å². The molecular weight excluding hydrogens is 1120 g/mol. The molecule has 0 saturated carbocycles. The van der Waals surface area contributed by atoms with Crippen molar-refractivity contribution in [1.29, 1.82) is 0 Å². The van der Waals surface area contributed by atoms with E-state index in [1.165, 1.54) is 66.8 Å². The van der Waals surface area contributed by atoms with E-state index in [0.717, 1.165) is 65.4 Å². The second-order valence-electron chi connectivity index (χ2n) is 19.0. The zero-order valence-electron chi connectivity index (χ0n) is 43.5. The number of halogens is 2. The van der Waals surface area contributed by atoms with Gasteiger partial charge in [0.1, 0.15) is 0 Å². The average Bonchev–Trinajstić information content (AvgIpc) is 3.68. The first kappa shape index (κ1) is 52.3. The van der Waals surface area contributed by atoms with Crippen LogP contribution < -0.4 is 0 Å². The fraction of sp³-hybridized carbons (Fsp3) is 0. The summed E-state index contributed by atoms with van der Waals surface area (Å²) in [5, 5.41) is 6.77. The minimum atomic E-state index is -0.346. The number of aromatic nitrogens is 6. The van der Waals surface area contributed by atoms with Gasteiger partial charge >= 0.3 is 34.5 Å². The Labute approximate surface area is 485 Å². The fourth-order valence-corrected chi connectivity index (χ4v) is 10.7. The molecule has 0 aliphatic carbocycles. The molecule has 0 radical (unpaired) electrons. The molecule has 388 valence electrons. The molecule has 0 amide bonds. The summed E-state index contributed by atoms with van der Waals surface area (Å²) in [5.74, 6) is 0. The summed E-state index contributed by atoms with van der Waals surface area (Å²) in [4.78, 5) is 28.0. The number of benzene rings is 9. The van der Waals surface area contributed by atoms with Crippen molar-refractivity contribution in [1.82, 2.24) is 29.9 Å². The van der Waals surface area contributed by atoms with Gasteiger partial charge < -0.3 is 0 Å². The van der Waals surface area contributed by atoms with Crippen molar-refractivity contribution >= 4 is 84.8 Å². The fourth-order valence-electron chi connectivity index (χ4n) is 10.7. The zero-order chi connectivity index (χ0) is 54.7. The van der Waals surface area contributed by atoms with E-state index in [1.54, 1.807) is 0 Å². The molecule has 15 aromatic rings. The zero-order valence-corrected chi connectivity index (χ0v) is 46.8. The molecule has 9 aromatic carbocycles. The third-order valence-electron chi connectivity index (χ3n) is 14.4. The maximum absolute atomic E-state index is 4.85. The Bertz CT molecular complexity index is 3850. The van der Waals surface area contributed by atoms with Crippen LogP contribution in [0.3, 0.4) is 0 Å². The van der Waals surface area contributed by atoms with Gasteiger partial charge in [-0.2, -0.15) is 0 Å². The Morgan fingerprint density at radius 3 is 0.457 bits per heavy atom. The summed E-state index contributed by atoms with van der Waals surface area (Å²) >= 11 is -0.346. The van der Waals surface area contributed by atoms with E-state index < -0.39 is 0 Å². The summed E-state index contributed by atoms with van der Waals surface area (Å²) in [5.41, 5.74) is 19.9. The summed E-state index contributed by atoms with van der Waals surface area (Å²) < 4.78 is 0. The van der Waals surface area contributed by atoms with Crippen LogP contribution in [-0.4, -0.2) is 29.9 Å². The van der Waals surface area contributed by atoms with Crippen LogP contribution in [0.25, 0.3) is 132 Å². The van der Waals surface area contributed by atoms with Crippen LogP contribution in [0.2, 0.25) is 0 Å². The van der Waals surface area contributed by atoms with Crippen LogP contribution in [0, 0.1) is 0 Å². The van der Waals surface area contributed by atoms with Gasteiger partial charge in [-0.3, -0.25) is 29.9 Å². The van der Waals surface area contributed by atoms with Crippen molar-refractivity contribution in [3.8, 4) is 66.8 Å². The smallest absolute Gasteiger partial charge is 0.0970 e. The second kappa shape index (κ2) is 24.8. The second-order valence-corrected chi connectivity index (χ2v) is 21.6. The molecule has 0 aliphatic heterocycles. The summed E-state index contributed by atoms with van der Waals surface area (Å²) in [6.45, 7) is 0. The van der Waals surface area contributed by atoms with E-state index in [4.69, 9.17) is 19.4 Å². The van der Waals surface area contributed by atoms with Crippen molar-refractivity contribution in [3.05, 3.63) is 292 Å². The molecule has 0 atom stereocenters. The third-order valence-corrected chi connectivity index (χ3v) is 14.4. The maximum atomic E-state index is 4.85. The van der Waals surface area contributed by atoms with E-state index in [2.05, 4.69) is 248 Å². The number of pyridine rings is 6. The molecule has 0 bridgehead atoms. The van der Waals surface area contributed by atoms with E-state index in [-0.39, 0.29) is 15.1 Å². The predicted molar refractivity (Wildman–Crippen MR) is 335 cm³/mol. The minimum absolute atomic E-state index is 0.346. The Hall–Kier alpha value is -9.36. The topological polar surface area (TPSA) is 77.3 Å². The van der Waals surface area contributed by atoms with Gasteiger partial charge in [0.2, 0.25) is 0 Å². The molecular formula is C72H48Cl2N6Ru. The van der Waals surface area contributed by atoms with Crippen LogP contribution in [-0.2, 0) is 15.1 Å². The molecule has 0 N–H and O–H groups in total. The van der Waals surface area contributed by atoms with Crippen molar-refractivity contribution in [3.63, 3.8) is 0 Å². The Kier molecular flexibility index (Phi) is 16.0. The molecule has 15 rings (SSSR count). The Morgan fingerprint density at radius 2 is 0.321 bits per heavy atom. The van der Waals surface area contributed by atoms with Crippen LogP contribution >= 0.6 is 19.4 Å². The SMILES string of the molecule is [Cl][Ru][Cl].c1ccc(-c2ccnc3c2ccc2c(-c4ccccc4)ccnc23)cc1.c1ccc(-c2ccnc3c2ccc2c(-c4ccccc4)ccnc23)cc1.c1ccc(-c2ccnc3c2ccc2c(-c4ccccc4)ccnc23)cc1. The predicted octanol–water partition coefficient (Wildman–Crippen LogP) is 19.7. The van der Waals surface area contributed by atoms with E-state index >= 15 is 0 Å². The molecule has 0 aliphatic rings. The monoisotopic (exact) mass is 1170 g/mol. The van der Waals surface area contributed by atoms with E-state index in [0.29, 0.717) is 0 Å². The van der Waals surface area contributed by atoms with Gasteiger partial charge in [-0.05, 0) is 103 Å². The molecule has 9 heteroatoms. The summed E-state index contributed by atoms with van der Waals surface area (Å²) in [7, 11) is 9.71. The van der Waals surface area contributed by atoms with Gasteiger partial charge in [-0.25, -0.2) is 0 Å². The average molecular weight is 1170 g/mol. The number of hydrogen-bond donors (Lipinski definition) is 0. The van der Waals surface area contributed by atoms with Gasteiger partial charge in [-0.1, -0.05) is 218 Å². The first-order valence-electron chi connectivity index (χ1n) is 26.3. The third kappa shape index (κ3) is 11.0. The van der Waals surface area contributed by atoms with Gasteiger partial charge in [0.25, 0.3) is 0 Å². The van der Waals surface area contributed by atoms with Gasteiger partial charge in [0, 0.05) is 69.5 Å². The van der Waals surface area contributed by atoms with E-state index in [1.807, 2.05) is 73.6 Å². The molecule has 0 unspecified atom stereocenters. The van der Waals surface area contributed by atoms with Crippen LogP contribution in [0.15, 0.2) is 292 Å². The molecule has 6 aromatic heterocycles. The molecule has 6 nitrogen and oxygen atoms in total. The molecule has 0 spiro atoms. The number of rotatable bonds is 6. The quantitative estimate of drug-likeness (QED) is 0.122. The molecule has 6 heterocycles. The van der Waals surface area contributed by atoms with Gasteiger partial charge in [0.05, 0.1) is 33.1 Å². The van der Waals surface area contributed by atoms with E-state index in [9.17, 15) is 0 Å². The molecule has 0 saturated heterocycles. The number of hydrogen-bond acceptors (Lipinski definition) is 6. The van der Waals surface area contributed by atoms with Crippen molar-refractivity contribution in [2.24, 2.45) is 0 Å². The minimum Gasteiger partial charge on any atom is -0.254 e. The van der Waals surface area contributed by atoms with Crippen LogP contribution in [0.5, 0.6) is 0 Å². The summed E-state index contributed by atoms with van der Waals surface area (Å²) in [6, 6.07) is 88.0. The first-order valence-corrected chi connectivity index (χ1v) is 30.8. The largest absolute Gasteiger partial charge is 0.254 e. The normalized spacial score (nSPS) is 10.9. The summed E-state index contributed by atoms with van der Waals surface area (Å²) in [6.07, 6.45) is 11.3. The number of fused-ring (bicyclic) bond motifs is 9. The standard InChI is InChI=1S/3C24H16N2.2ClH.Ru/c3*1-3-7-17(8-4-1)19-13-15-25-23-21(19)11-12-22-20(14-16-26-24(22)23)18-9-5-2-6-10-18;;;/h3*1-16H;2*1H;/q;;;;;+2/p-2. The molecule has 0 fully saturated rings.